The van der Waals surface area contributed by atoms with Gasteiger partial charge in [0.15, 0.2) is 11.5 Å². The quantitative estimate of drug-likeness (QED) is 0.372. The van der Waals surface area contributed by atoms with E-state index in [2.05, 4.69) is 52.7 Å². The van der Waals surface area contributed by atoms with Gasteiger partial charge in [-0.25, -0.2) is 9.67 Å². The van der Waals surface area contributed by atoms with E-state index >= 15 is 0 Å². The number of nitrogens with one attached hydrogen (secondary N) is 1. The van der Waals surface area contributed by atoms with Crippen LogP contribution in [-0.2, 0) is 4.79 Å². The van der Waals surface area contributed by atoms with Crippen LogP contribution >= 0.6 is 0 Å². The number of carboxylic acid groups (broad SMARTS) is 1. The van der Waals surface area contributed by atoms with Crippen LogP contribution in [0, 0.1) is 6.92 Å². The summed E-state index contributed by atoms with van der Waals surface area (Å²) in [7, 11) is 0. The second-order valence-electron chi connectivity index (χ2n) is 8.15. The van der Waals surface area contributed by atoms with E-state index in [0.29, 0.717) is 5.82 Å². The Morgan fingerprint density at radius 2 is 1.71 bits per heavy atom. The number of carboxylic acids is 1. The van der Waals surface area contributed by atoms with Gasteiger partial charge in [-0.3, -0.25) is 14.0 Å². The minimum absolute atomic E-state index is 0.0459. The van der Waals surface area contributed by atoms with Gasteiger partial charge in [-0.1, -0.05) is 48.5 Å². The summed E-state index contributed by atoms with van der Waals surface area (Å²) in [5.41, 5.74) is 6.72. The molecule has 1 amide bonds. The third kappa shape index (κ3) is 4.41. The number of carbonyl (C=O) groups excluding carboxylic acids is 1. The van der Waals surface area contributed by atoms with Crippen molar-refractivity contribution in [2.75, 3.05) is 6.54 Å². The Morgan fingerprint density at radius 1 is 0.943 bits per heavy atom. The van der Waals surface area contributed by atoms with Crippen LogP contribution < -0.4 is 5.32 Å². The van der Waals surface area contributed by atoms with E-state index in [1.54, 1.807) is 23.1 Å². The number of nitrogens with zero attached hydrogens (tertiary/aromatic N) is 4. The molecule has 0 aliphatic rings. The molecular weight excluding hydrogens is 442 g/mol. The highest BCUT2D eigenvalue weighted by atomic mass is 16.4. The van der Waals surface area contributed by atoms with Gasteiger partial charge < -0.3 is 10.4 Å². The third-order valence-electron chi connectivity index (χ3n) is 5.90. The number of pyridine rings is 1. The van der Waals surface area contributed by atoms with Gasteiger partial charge in [-0.2, -0.15) is 5.10 Å². The summed E-state index contributed by atoms with van der Waals surface area (Å²) >= 11 is 0. The number of rotatable bonds is 7. The summed E-state index contributed by atoms with van der Waals surface area (Å²) in [6.45, 7) is 2.18. The second-order valence-corrected chi connectivity index (χ2v) is 8.15. The molecule has 8 heteroatoms. The predicted octanol–water partition coefficient (Wildman–Crippen LogP) is 4.37. The van der Waals surface area contributed by atoms with Crippen molar-refractivity contribution in [2.45, 2.75) is 13.3 Å². The molecule has 3 heterocycles. The normalized spacial score (nSPS) is 11.0. The van der Waals surface area contributed by atoms with E-state index in [4.69, 9.17) is 5.11 Å². The Balaban J connectivity index is 1.43. The molecule has 5 aromatic rings. The maximum atomic E-state index is 12.2. The van der Waals surface area contributed by atoms with Crippen molar-refractivity contribution in [2.24, 2.45) is 0 Å². The molecule has 0 bridgehead atoms. The zero-order valence-electron chi connectivity index (χ0n) is 19.0. The maximum Gasteiger partial charge on any atom is 0.305 e. The molecule has 174 valence electrons. The largest absolute Gasteiger partial charge is 0.481 e. The van der Waals surface area contributed by atoms with Crippen LogP contribution in [0.5, 0.6) is 0 Å². The number of hydrogen-bond donors (Lipinski definition) is 2. The van der Waals surface area contributed by atoms with Gasteiger partial charge in [-0.05, 0) is 52.9 Å². The van der Waals surface area contributed by atoms with Crippen molar-refractivity contribution in [1.29, 1.82) is 0 Å². The fourth-order valence-corrected chi connectivity index (χ4v) is 4.13. The van der Waals surface area contributed by atoms with E-state index in [9.17, 15) is 9.59 Å². The molecule has 0 spiro atoms. The Hall–Kier alpha value is -4.72. The van der Waals surface area contributed by atoms with E-state index in [0.717, 1.165) is 16.8 Å². The van der Waals surface area contributed by atoms with Crippen LogP contribution in [0.25, 0.3) is 33.7 Å². The first-order valence-corrected chi connectivity index (χ1v) is 11.2. The van der Waals surface area contributed by atoms with Gasteiger partial charge in [-0.15, -0.1) is 0 Å². The van der Waals surface area contributed by atoms with Crippen molar-refractivity contribution in [3.8, 4) is 28.1 Å². The fraction of sp³-hybridized carbons (Fsp3) is 0.111. The predicted molar refractivity (Wildman–Crippen MR) is 133 cm³/mol. The molecule has 0 aliphatic carbocycles. The third-order valence-corrected chi connectivity index (χ3v) is 5.90. The first-order valence-electron chi connectivity index (χ1n) is 11.2. The van der Waals surface area contributed by atoms with Gasteiger partial charge in [0.1, 0.15) is 5.65 Å². The molecule has 0 saturated carbocycles. The van der Waals surface area contributed by atoms with Gasteiger partial charge in [0.25, 0.3) is 5.91 Å². The van der Waals surface area contributed by atoms with Gasteiger partial charge in [0.2, 0.25) is 0 Å². The van der Waals surface area contributed by atoms with Crippen molar-refractivity contribution >= 4 is 17.5 Å². The van der Waals surface area contributed by atoms with E-state index in [-0.39, 0.29) is 18.7 Å². The highest BCUT2D eigenvalue weighted by Crippen LogP contribution is 2.32. The number of fused-ring (bicyclic) bond motifs is 1. The van der Waals surface area contributed by atoms with Crippen molar-refractivity contribution in [3.05, 3.63) is 96.6 Å². The topological polar surface area (TPSA) is 102 Å². The van der Waals surface area contributed by atoms with E-state index in [1.165, 1.54) is 16.7 Å². The fourth-order valence-electron chi connectivity index (χ4n) is 4.13. The lowest BCUT2D eigenvalue weighted by Crippen LogP contribution is -2.26. The SMILES string of the molecule is Cc1c(-c2ccccc2)cccc1-c1ccn2c(-n3ccc(C(=O)NCCC(=O)O)n3)cnc2c1. The molecule has 3 aromatic heterocycles. The Kier molecular flexibility index (Phi) is 5.85. The zero-order chi connectivity index (χ0) is 24.4. The molecule has 2 N–H and O–H groups in total. The van der Waals surface area contributed by atoms with Crippen LogP contribution in [0.1, 0.15) is 22.5 Å². The number of hydrogen-bond acceptors (Lipinski definition) is 4. The Morgan fingerprint density at radius 3 is 2.49 bits per heavy atom. The van der Waals surface area contributed by atoms with Gasteiger partial charge in [0, 0.05) is 18.9 Å². The number of aromatic nitrogens is 4. The first-order chi connectivity index (χ1) is 17.0. The van der Waals surface area contributed by atoms with Crippen molar-refractivity contribution < 1.29 is 14.7 Å². The number of carbonyl (C=O) groups is 2. The van der Waals surface area contributed by atoms with Crippen molar-refractivity contribution in [3.63, 3.8) is 0 Å². The smallest absolute Gasteiger partial charge is 0.305 e. The van der Waals surface area contributed by atoms with Crippen LogP contribution in [0.15, 0.2) is 85.3 Å². The average molecular weight is 466 g/mol. The molecule has 0 fully saturated rings. The minimum atomic E-state index is -0.970. The minimum Gasteiger partial charge on any atom is -0.481 e. The number of amides is 1. The molecule has 0 aliphatic heterocycles. The summed E-state index contributed by atoms with van der Waals surface area (Å²) < 4.78 is 3.48. The van der Waals surface area contributed by atoms with Crippen molar-refractivity contribution in [1.82, 2.24) is 24.5 Å². The Bertz CT molecular complexity index is 1540. The summed E-state index contributed by atoms with van der Waals surface area (Å²) in [6, 6.07) is 22.3. The molecule has 5 rings (SSSR count). The first kappa shape index (κ1) is 22.1. The number of benzene rings is 2. The molecule has 0 atom stereocenters. The highest BCUT2D eigenvalue weighted by Gasteiger charge is 2.14. The monoisotopic (exact) mass is 465 g/mol. The van der Waals surface area contributed by atoms with Crippen LogP contribution in [0.2, 0.25) is 0 Å². The van der Waals surface area contributed by atoms with Crippen LogP contribution in [-0.4, -0.2) is 42.7 Å². The molecule has 0 saturated heterocycles. The molecule has 8 nitrogen and oxygen atoms in total. The summed E-state index contributed by atoms with van der Waals surface area (Å²) in [5.74, 6) is -0.705. The summed E-state index contributed by atoms with van der Waals surface area (Å²) in [6.07, 6.45) is 5.17. The number of aliphatic carboxylic acids is 1. The molecule has 35 heavy (non-hydrogen) atoms. The van der Waals surface area contributed by atoms with Gasteiger partial charge in [0.05, 0.1) is 12.6 Å². The van der Waals surface area contributed by atoms with Gasteiger partial charge >= 0.3 is 5.97 Å². The lowest BCUT2D eigenvalue weighted by Gasteiger charge is -2.12. The summed E-state index contributed by atoms with van der Waals surface area (Å²) in [4.78, 5) is 27.4. The standard InChI is InChI=1S/C27H23N5O3/c1-18-21(19-6-3-2-4-7-19)8-5-9-22(18)20-11-14-31-24(16-20)29-17-25(31)32-15-12-23(30-32)27(35)28-13-10-26(33)34/h2-9,11-12,14-17H,10,13H2,1H3,(H,28,35)(H,33,34). The highest BCUT2D eigenvalue weighted by molar-refractivity contribution is 5.92. The van der Waals surface area contributed by atoms with E-state index in [1.807, 2.05) is 40.9 Å². The van der Waals surface area contributed by atoms with Crippen LogP contribution in [0.4, 0.5) is 0 Å². The Labute approximate surface area is 201 Å². The zero-order valence-corrected chi connectivity index (χ0v) is 19.0. The van der Waals surface area contributed by atoms with Crippen LogP contribution in [0.3, 0.4) is 0 Å². The lowest BCUT2D eigenvalue weighted by molar-refractivity contribution is -0.136. The lowest BCUT2D eigenvalue weighted by atomic mass is 9.93. The average Bonchev–Trinajstić information content (AvgIpc) is 3.51. The molecule has 2 aromatic carbocycles. The molecular formula is C27H23N5O3. The second kappa shape index (κ2) is 9.26. The molecule has 0 unspecified atom stereocenters. The number of imidazole rings is 1. The maximum absolute atomic E-state index is 12.2. The van der Waals surface area contributed by atoms with E-state index < -0.39 is 11.9 Å². The summed E-state index contributed by atoms with van der Waals surface area (Å²) in [5, 5.41) is 15.6. The molecule has 0 radical (unpaired) electrons.